The van der Waals surface area contributed by atoms with Crippen molar-refractivity contribution >= 4 is 10.0 Å². The van der Waals surface area contributed by atoms with E-state index in [1.807, 2.05) is 27.7 Å². The summed E-state index contributed by atoms with van der Waals surface area (Å²) in [6, 6.07) is 0. The van der Waals surface area contributed by atoms with Crippen LogP contribution < -0.4 is 0 Å². The van der Waals surface area contributed by atoms with Gasteiger partial charge in [0.25, 0.3) is 0 Å². The zero-order chi connectivity index (χ0) is 14.4. The third kappa shape index (κ3) is 2.90. The van der Waals surface area contributed by atoms with Crippen molar-refractivity contribution in [2.24, 2.45) is 16.7 Å². The maximum Gasteiger partial charge on any atom is 0.217 e. The van der Waals surface area contributed by atoms with Crippen LogP contribution in [0, 0.1) is 16.7 Å². The van der Waals surface area contributed by atoms with Gasteiger partial charge in [-0.3, -0.25) is 0 Å². The van der Waals surface area contributed by atoms with Gasteiger partial charge in [0.05, 0.1) is 5.25 Å². The molecule has 3 nitrogen and oxygen atoms in total. The van der Waals surface area contributed by atoms with Crippen LogP contribution in [0.15, 0.2) is 0 Å². The normalized spacial score (nSPS) is 29.7. The smallest absolute Gasteiger partial charge is 0.212 e. The van der Waals surface area contributed by atoms with Crippen LogP contribution >= 0.6 is 0 Å². The van der Waals surface area contributed by atoms with Crippen LogP contribution in [0.25, 0.3) is 0 Å². The van der Waals surface area contributed by atoms with Gasteiger partial charge in [0, 0.05) is 13.1 Å². The van der Waals surface area contributed by atoms with Crippen molar-refractivity contribution in [3.05, 3.63) is 0 Å². The second kappa shape index (κ2) is 4.78. The SMILES string of the molecule is CCCN1CC(C(C)(C)C)C(C(C)(C)C)S1(=O)=O. The molecule has 2 unspecified atom stereocenters. The second-order valence-electron chi connectivity index (χ2n) is 7.66. The van der Waals surface area contributed by atoms with Crippen LogP contribution in [-0.2, 0) is 10.0 Å². The molecule has 0 saturated carbocycles. The quantitative estimate of drug-likeness (QED) is 0.776. The van der Waals surface area contributed by atoms with Gasteiger partial charge in [-0.15, -0.1) is 0 Å². The average Bonchev–Trinajstić information content (AvgIpc) is 2.37. The van der Waals surface area contributed by atoms with Crippen molar-refractivity contribution in [3.63, 3.8) is 0 Å². The molecule has 2 atom stereocenters. The molecule has 4 heteroatoms. The Morgan fingerprint density at radius 2 is 1.56 bits per heavy atom. The van der Waals surface area contributed by atoms with E-state index in [9.17, 15) is 8.42 Å². The van der Waals surface area contributed by atoms with Gasteiger partial charge in [-0.05, 0) is 23.2 Å². The molecule has 0 N–H and O–H groups in total. The molecule has 0 bridgehead atoms. The molecule has 1 heterocycles. The summed E-state index contributed by atoms with van der Waals surface area (Å²) in [5.41, 5.74) is -0.188. The van der Waals surface area contributed by atoms with Crippen LogP contribution in [0.3, 0.4) is 0 Å². The van der Waals surface area contributed by atoms with Crippen molar-refractivity contribution in [2.45, 2.75) is 60.1 Å². The Bertz CT molecular complexity index is 387. The van der Waals surface area contributed by atoms with Crippen molar-refractivity contribution < 1.29 is 8.42 Å². The molecule has 1 rings (SSSR count). The first-order valence-corrected chi connectivity index (χ1v) is 8.41. The number of rotatable bonds is 2. The van der Waals surface area contributed by atoms with E-state index in [1.165, 1.54) is 0 Å². The summed E-state index contributed by atoms with van der Waals surface area (Å²) in [5, 5.41) is -0.267. The molecular formula is C14H29NO2S. The molecule has 1 aliphatic rings. The van der Waals surface area contributed by atoms with Crippen molar-refractivity contribution in [1.82, 2.24) is 4.31 Å². The zero-order valence-corrected chi connectivity index (χ0v) is 13.8. The summed E-state index contributed by atoms with van der Waals surface area (Å²) in [6.45, 7) is 16.0. The highest BCUT2D eigenvalue weighted by Crippen LogP contribution is 2.46. The van der Waals surface area contributed by atoms with Crippen LogP contribution in [-0.4, -0.2) is 31.1 Å². The maximum absolute atomic E-state index is 12.7. The zero-order valence-electron chi connectivity index (χ0n) is 12.9. The minimum atomic E-state index is -3.15. The Kier molecular flexibility index (Phi) is 4.24. The fourth-order valence-electron chi connectivity index (χ4n) is 3.03. The molecule has 0 radical (unpaired) electrons. The Balaban J connectivity index is 3.23. The first-order chi connectivity index (χ1) is 7.92. The number of hydrogen-bond donors (Lipinski definition) is 0. The van der Waals surface area contributed by atoms with E-state index in [0.717, 1.165) is 6.42 Å². The summed E-state index contributed by atoms with van der Waals surface area (Å²) in [7, 11) is -3.15. The minimum absolute atomic E-state index is 0.0213. The maximum atomic E-state index is 12.7. The Morgan fingerprint density at radius 1 is 1.06 bits per heavy atom. The predicted octanol–water partition coefficient (Wildman–Crippen LogP) is 3.12. The van der Waals surface area contributed by atoms with E-state index in [-0.39, 0.29) is 22.0 Å². The van der Waals surface area contributed by atoms with Gasteiger partial charge in [-0.25, -0.2) is 12.7 Å². The van der Waals surface area contributed by atoms with Crippen LogP contribution in [0.1, 0.15) is 54.9 Å². The molecule has 0 aromatic rings. The van der Waals surface area contributed by atoms with Gasteiger partial charge in [-0.1, -0.05) is 48.5 Å². The predicted molar refractivity (Wildman–Crippen MR) is 77.0 cm³/mol. The molecule has 1 saturated heterocycles. The first kappa shape index (κ1) is 16.0. The Morgan fingerprint density at radius 3 is 1.83 bits per heavy atom. The van der Waals surface area contributed by atoms with Crippen molar-refractivity contribution in [3.8, 4) is 0 Å². The lowest BCUT2D eigenvalue weighted by Crippen LogP contribution is -2.42. The summed E-state index contributed by atoms with van der Waals surface area (Å²) < 4.78 is 27.1. The van der Waals surface area contributed by atoms with E-state index in [1.54, 1.807) is 4.31 Å². The van der Waals surface area contributed by atoms with E-state index in [2.05, 4.69) is 20.8 Å². The van der Waals surface area contributed by atoms with Gasteiger partial charge in [-0.2, -0.15) is 0 Å². The molecule has 0 amide bonds. The van der Waals surface area contributed by atoms with Crippen LogP contribution in [0.2, 0.25) is 0 Å². The third-order valence-corrected chi connectivity index (χ3v) is 6.61. The lowest BCUT2D eigenvalue weighted by molar-refractivity contribution is 0.173. The summed E-state index contributed by atoms with van der Waals surface area (Å²) >= 11 is 0. The number of sulfonamides is 1. The topological polar surface area (TPSA) is 37.4 Å². The highest BCUT2D eigenvalue weighted by Gasteiger charge is 2.54. The lowest BCUT2D eigenvalue weighted by Gasteiger charge is -2.37. The fraction of sp³-hybridized carbons (Fsp3) is 1.00. The monoisotopic (exact) mass is 275 g/mol. The molecule has 18 heavy (non-hydrogen) atoms. The number of nitrogens with zero attached hydrogens (tertiary/aromatic N) is 1. The van der Waals surface area contributed by atoms with Crippen LogP contribution in [0.5, 0.6) is 0 Å². The molecule has 108 valence electrons. The van der Waals surface area contributed by atoms with Gasteiger partial charge in [0.15, 0.2) is 0 Å². The van der Waals surface area contributed by atoms with E-state index < -0.39 is 10.0 Å². The summed E-state index contributed by atoms with van der Waals surface area (Å²) in [5.74, 6) is 0.203. The highest BCUT2D eigenvalue weighted by molar-refractivity contribution is 7.90. The molecule has 1 fully saturated rings. The molecule has 0 aliphatic carbocycles. The van der Waals surface area contributed by atoms with Crippen molar-refractivity contribution in [2.75, 3.05) is 13.1 Å². The van der Waals surface area contributed by atoms with E-state index in [4.69, 9.17) is 0 Å². The second-order valence-corrected chi connectivity index (χ2v) is 9.72. The fourth-order valence-corrected chi connectivity index (χ4v) is 5.96. The first-order valence-electron chi connectivity index (χ1n) is 6.91. The standard InChI is InChI=1S/C14H29NO2S/c1-8-9-15-10-11(13(2,3)4)12(14(5,6)7)18(15,16)17/h11-12H,8-10H2,1-7H3. The van der Waals surface area contributed by atoms with Crippen molar-refractivity contribution in [1.29, 1.82) is 0 Å². The average molecular weight is 275 g/mol. The van der Waals surface area contributed by atoms with E-state index >= 15 is 0 Å². The van der Waals surface area contributed by atoms with Gasteiger partial charge >= 0.3 is 0 Å². The number of hydrogen-bond acceptors (Lipinski definition) is 2. The molecular weight excluding hydrogens is 246 g/mol. The lowest BCUT2D eigenvalue weighted by atomic mass is 9.72. The van der Waals surface area contributed by atoms with E-state index in [0.29, 0.717) is 13.1 Å². The van der Waals surface area contributed by atoms with Gasteiger partial charge < -0.3 is 0 Å². The molecule has 0 aromatic heterocycles. The Labute approximate surface area is 113 Å². The summed E-state index contributed by atoms with van der Waals surface area (Å²) in [4.78, 5) is 0. The van der Waals surface area contributed by atoms with Crippen LogP contribution in [0.4, 0.5) is 0 Å². The highest BCUT2D eigenvalue weighted by atomic mass is 32.2. The molecule has 1 aliphatic heterocycles. The largest absolute Gasteiger partial charge is 0.217 e. The van der Waals surface area contributed by atoms with Gasteiger partial charge in [0.2, 0.25) is 10.0 Å². The summed E-state index contributed by atoms with van der Waals surface area (Å²) in [6.07, 6.45) is 0.882. The molecule has 0 aromatic carbocycles. The Hall–Kier alpha value is -0.0900. The van der Waals surface area contributed by atoms with Gasteiger partial charge in [0.1, 0.15) is 0 Å². The molecule has 0 spiro atoms. The third-order valence-electron chi connectivity index (χ3n) is 3.89. The minimum Gasteiger partial charge on any atom is -0.212 e.